The molecular formula is C26H50NO4P. The number of anilines is 1. The number of phosphoric ester groups is 1. The van der Waals surface area contributed by atoms with Gasteiger partial charge in [0.1, 0.15) is 0 Å². The minimum atomic E-state index is -3.75. The fourth-order valence-corrected chi connectivity index (χ4v) is 3.98. The van der Waals surface area contributed by atoms with Crippen LogP contribution in [-0.2, 0) is 20.0 Å². The molecule has 0 aromatic heterocycles. The molecule has 188 valence electrons. The molecule has 0 fully saturated rings. The zero-order chi connectivity index (χ0) is 23.9. The Hall–Kier alpha value is -0.870. The van der Waals surface area contributed by atoms with E-state index in [1.807, 2.05) is 26.0 Å². The predicted molar refractivity (Wildman–Crippen MR) is 138 cm³/mol. The lowest BCUT2D eigenvalue weighted by Crippen LogP contribution is -1.98. The van der Waals surface area contributed by atoms with Crippen molar-refractivity contribution in [3.8, 4) is 0 Å². The second kappa shape index (κ2) is 21.9. The molecule has 6 heteroatoms. The summed E-state index contributed by atoms with van der Waals surface area (Å²) in [6.45, 7) is 6.83. The first-order valence-electron chi connectivity index (χ1n) is 12.9. The molecule has 32 heavy (non-hydrogen) atoms. The van der Waals surface area contributed by atoms with Crippen LogP contribution >= 0.6 is 7.82 Å². The van der Waals surface area contributed by atoms with Gasteiger partial charge in [-0.1, -0.05) is 104 Å². The Bertz CT molecular complexity index is 551. The predicted octanol–water partition coefficient (Wildman–Crippen LogP) is 8.45. The second-order valence-electron chi connectivity index (χ2n) is 8.52. The molecule has 1 rings (SSSR count). The lowest BCUT2D eigenvalue weighted by Gasteiger charge is -2.10. The molecule has 0 heterocycles. The molecule has 0 aliphatic carbocycles. The normalized spacial score (nSPS) is 11.2. The molecule has 0 aliphatic heterocycles. The largest absolute Gasteiger partial charge is 0.472 e. The van der Waals surface area contributed by atoms with E-state index in [1.54, 1.807) is 0 Å². The molecule has 3 N–H and O–H groups in total. The summed E-state index contributed by atoms with van der Waals surface area (Å²) in [7, 11) is -3.75. The topological polar surface area (TPSA) is 81.8 Å². The average Bonchev–Trinajstić information content (AvgIpc) is 2.77. The smallest absolute Gasteiger partial charge is 0.399 e. The van der Waals surface area contributed by atoms with E-state index < -0.39 is 7.82 Å². The summed E-state index contributed by atoms with van der Waals surface area (Å²) in [5.41, 5.74) is 7.97. The monoisotopic (exact) mass is 471 g/mol. The fraction of sp³-hybridized carbons (Fsp3) is 0.769. The number of unbranched alkanes of at least 4 members (excludes halogenated alkanes) is 11. The minimum absolute atomic E-state index is 0.288. The van der Waals surface area contributed by atoms with E-state index in [9.17, 15) is 4.57 Å². The second-order valence-corrected chi connectivity index (χ2v) is 9.97. The van der Waals surface area contributed by atoms with Crippen molar-refractivity contribution in [3.63, 3.8) is 0 Å². The van der Waals surface area contributed by atoms with Gasteiger partial charge in [-0.05, 0) is 43.4 Å². The van der Waals surface area contributed by atoms with Crippen molar-refractivity contribution < 1.29 is 18.5 Å². The number of phosphoric acid groups is 1. The number of nitrogen functional groups attached to an aromatic ring is 1. The first-order chi connectivity index (χ1) is 15.4. The summed E-state index contributed by atoms with van der Waals surface area (Å²) in [5, 5.41) is 0. The molecule has 0 saturated heterocycles. The number of nitrogens with two attached hydrogens (primary N) is 1. The molecule has 0 saturated carbocycles. The maximum absolute atomic E-state index is 11.1. The van der Waals surface area contributed by atoms with Gasteiger partial charge in [0.15, 0.2) is 0 Å². The standard InChI is InChI=1S/C18H31N.C8H19O4P/c1-2-3-4-5-6-7-8-9-10-11-12-17-13-15-18(19)16-14-17;1-3-5-7-11-13(9,10)12-8-6-4-2/h13-16H,2-12,19H2,1H3;3-8H2,1-2H3,(H,9,10). The maximum Gasteiger partial charge on any atom is 0.472 e. The third kappa shape index (κ3) is 21.0. The van der Waals surface area contributed by atoms with Crippen LogP contribution in [0.5, 0.6) is 0 Å². The summed E-state index contributed by atoms with van der Waals surface area (Å²) in [5.74, 6) is 0. The van der Waals surface area contributed by atoms with E-state index in [0.29, 0.717) is 0 Å². The highest BCUT2D eigenvalue weighted by atomic mass is 31.2. The van der Waals surface area contributed by atoms with Crippen LogP contribution in [-0.4, -0.2) is 18.1 Å². The summed E-state index contributed by atoms with van der Waals surface area (Å²) < 4.78 is 20.5. The molecule has 0 amide bonds. The van der Waals surface area contributed by atoms with Gasteiger partial charge in [-0.3, -0.25) is 9.05 Å². The maximum atomic E-state index is 11.1. The Morgan fingerprint density at radius 3 is 1.53 bits per heavy atom. The summed E-state index contributed by atoms with van der Waals surface area (Å²) in [6.07, 6.45) is 18.7. The van der Waals surface area contributed by atoms with E-state index >= 15 is 0 Å². The first-order valence-corrected chi connectivity index (χ1v) is 14.4. The van der Waals surface area contributed by atoms with Crippen molar-refractivity contribution in [1.82, 2.24) is 0 Å². The Labute approximate surface area is 198 Å². The average molecular weight is 472 g/mol. The van der Waals surface area contributed by atoms with Crippen molar-refractivity contribution in [2.75, 3.05) is 18.9 Å². The van der Waals surface area contributed by atoms with E-state index in [-0.39, 0.29) is 13.2 Å². The van der Waals surface area contributed by atoms with Gasteiger partial charge in [-0.25, -0.2) is 4.57 Å². The molecular weight excluding hydrogens is 421 g/mol. The number of aryl methyl sites for hydroxylation is 1. The molecule has 0 bridgehead atoms. The zero-order valence-electron chi connectivity index (χ0n) is 21.0. The van der Waals surface area contributed by atoms with Crippen LogP contribution in [0.1, 0.15) is 116 Å². The molecule has 0 radical (unpaired) electrons. The number of rotatable bonds is 19. The van der Waals surface area contributed by atoms with E-state index in [4.69, 9.17) is 19.7 Å². The van der Waals surface area contributed by atoms with Crippen molar-refractivity contribution in [3.05, 3.63) is 29.8 Å². The van der Waals surface area contributed by atoms with Gasteiger partial charge >= 0.3 is 7.82 Å². The van der Waals surface area contributed by atoms with Gasteiger partial charge in [0.2, 0.25) is 0 Å². The fourth-order valence-electron chi connectivity index (χ4n) is 3.19. The third-order valence-corrected chi connectivity index (χ3v) is 6.32. The van der Waals surface area contributed by atoms with Gasteiger partial charge in [0, 0.05) is 5.69 Å². The lowest BCUT2D eigenvalue weighted by atomic mass is 10.0. The third-order valence-electron chi connectivity index (χ3n) is 5.30. The molecule has 1 aromatic carbocycles. The Kier molecular flexibility index (Phi) is 21.4. The van der Waals surface area contributed by atoms with Crippen molar-refractivity contribution in [2.45, 2.75) is 117 Å². The minimum Gasteiger partial charge on any atom is -0.399 e. The molecule has 0 aliphatic rings. The molecule has 1 aromatic rings. The summed E-state index contributed by atoms with van der Waals surface area (Å²) >= 11 is 0. The summed E-state index contributed by atoms with van der Waals surface area (Å²) in [4.78, 5) is 9.08. The van der Waals surface area contributed by atoms with Crippen LogP contribution in [0.3, 0.4) is 0 Å². The first kappa shape index (κ1) is 31.1. The Morgan fingerprint density at radius 2 is 1.09 bits per heavy atom. The molecule has 0 atom stereocenters. The molecule has 0 unspecified atom stereocenters. The number of hydrogen-bond donors (Lipinski definition) is 2. The summed E-state index contributed by atoms with van der Waals surface area (Å²) in [6, 6.07) is 8.32. The Morgan fingerprint density at radius 1 is 0.688 bits per heavy atom. The van der Waals surface area contributed by atoms with Gasteiger partial charge in [0.05, 0.1) is 13.2 Å². The SMILES string of the molecule is CCCCCCCCCCCCc1ccc(N)cc1.CCCCOP(=O)(O)OCCCC. The van der Waals surface area contributed by atoms with Gasteiger partial charge in [-0.2, -0.15) is 0 Å². The highest BCUT2D eigenvalue weighted by molar-refractivity contribution is 7.47. The van der Waals surface area contributed by atoms with Gasteiger partial charge in [-0.15, -0.1) is 0 Å². The van der Waals surface area contributed by atoms with Crippen LogP contribution in [0.2, 0.25) is 0 Å². The van der Waals surface area contributed by atoms with Crippen LogP contribution in [0, 0.1) is 0 Å². The molecule has 5 nitrogen and oxygen atoms in total. The Balaban J connectivity index is 0.000000649. The molecule has 0 spiro atoms. The number of hydrogen-bond acceptors (Lipinski definition) is 4. The lowest BCUT2D eigenvalue weighted by molar-refractivity contribution is 0.146. The number of benzene rings is 1. The van der Waals surface area contributed by atoms with Gasteiger partial charge < -0.3 is 10.6 Å². The van der Waals surface area contributed by atoms with Crippen molar-refractivity contribution in [1.29, 1.82) is 0 Å². The van der Waals surface area contributed by atoms with Crippen LogP contribution in [0.15, 0.2) is 24.3 Å². The highest BCUT2D eigenvalue weighted by Gasteiger charge is 2.19. The van der Waals surface area contributed by atoms with E-state index in [2.05, 4.69) is 19.1 Å². The van der Waals surface area contributed by atoms with Crippen molar-refractivity contribution in [2.24, 2.45) is 0 Å². The van der Waals surface area contributed by atoms with E-state index in [0.717, 1.165) is 31.4 Å². The van der Waals surface area contributed by atoms with Crippen LogP contribution in [0.4, 0.5) is 5.69 Å². The van der Waals surface area contributed by atoms with Gasteiger partial charge in [0.25, 0.3) is 0 Å². The van der Waals surface area contributed by atoms with Crippen LogP contribution in [0.25, 0.3) is 0 Å². The van der Waals surface area contributed by atoms with E-state index in [1.165, 1.54) is 76.2 Å². The zero-order valence-corrected chi connectivity index (χ0v) is 21.9. The van der Waals surface area contributed by atoms with Crippen molar-refractivity contribution >= 4 is 13.5 Å². The van der Waals surface area contributed by atoms with Crippen LogP contribution < -0.4 is 5.73 Å². The highest BCUT2D eigenvalue weighted by Crippen LogP contribution is 2.43. The quantitative estimate of drug-likeness (QED) is 0.120.